The minimum atomic E-state index is -0.435. The van der Waals surface area contributed by atoms with E-state index in [1.54, 1.807) is 11.0 Å². The van der Waals surface area contributed by atoms with Gasteiger partial charge in [0.2, 0.25) is 0 Å². The number of nitrogens with zero attached hydrogens (tertiary/aromatic N) is 4. The maximum Gasteiger partial charge on any atom is 0.137 e. The number of aromatic nitrogens is 3. The largest absolute Gasteiger partial charge is 0.250 e. The molecule has 2 aromatic rings. The van der Waals surface area contributed by atoms with Crippen LogP contribution in [-0.4, -0.2) is 14.8 Å². The third-order valence-corrected chi connectivity index (χ3v) is 2.74. The second-order valence-electron chi connectivity index (χ2n) is 3.29. The van der Waals surface area contributed by atoms with Crippen LogP contribution in [0.15, 0.2) is 46.6 Å². The fourth-order valence-electron chi connectivity index (χ4n) is 1.39. The van der Waals surface area contributed by atoms with Crippen LogP contribution >= 0.6 is 15.9 Å². The average Bonchev–Trinajstić information content (AvgIpc) is 2.80. The number of nitroso groups, excluding NO2 is 1. The van der Waals surface area contributed by atoms with Gasteiger partial charge in [-0.25, -0.2) is 4.98 Å². The molecule has 1 heterocycles. The van der Waals surface area contributed by atoms with E-state index < -0.39 is 6.04 Å². The standard InChI is InChI=1S/C10H9BrN4O/c11-9-3-1-8(2-4-9)10(14-16)5-15-7-12-6-13-15/h1-4,6-7,10H,5H2. The molecule has 0 fully saturated rings. The third kappa shape index (κ3) is 2.52. The monoisotopic (exact) mass is 280 g/mol. The van der Waals surface area contributed by atoms with E-state index >= 15 is 0 Å². The Labute approximate surface area is 101 Å². The number of halogens is 1. The van der Waals surface area contributed by atoms with Crippen LogP contribution in [0, 0.1) is 4.91 Å². The molecule has 0 N–H and O–H groups in total. The van der Waals surface area contributed by atoms with Crippen molar-refractivity contribution >= 4 is 15.9 Å². The van der Waals surface area contributed by atoms with Crippen LogP contribution in [0.3, 0.4) is 0 Å². The molecule has 0 radical (unpaired) electrons. The Morgan fingerprint density at radius 2 is 2.12 bits per heavy atom. The summed E-state index contributed by atoms with van der Waals surface area (Å²) < 4.78 is 2.57. The molecular formula is C10H9BrN4O. The van der Waals surface area contributed by atoms with Gasteiger partial charge in [0.05, 0.1) is 6.54 Å². The molecule has 0 bridgehead atoms. The number of benzene rings is 1. The van der Waals surface area contributed by atoms with Crippen LogP contribution in [0.4, 0.5) is 0 Å². The van der Waals surface area contributed by atoms with E-state index in [-0.39, 0.29) is 0 Å². The molecule has 0 aliphatic carbocycles. The Bertz CT molecular complexity index is 454. The van der Waals surface area contributed by atoms with Crippen molar-refractivity contribution in [3.63, 3.8) is 0 Å². The first-order valence-corrected chi connectivity index (χ1v) is 5.49. The topological polar surface area (TPSA) is 60.1 Å². The highest BCUT2D eigenvalue weighted by Gasteiger charge is 2.12. The molecule has 1 unspecified atom stereocenters. The van der Waals surface area contributed by atoms with E-state index in [1.165, 1.54) is 6.33 Å². The van der Waals surface area contributed by atoms with Gasteiger partial charge in [0.15, 0.2) is 0 Å². The summed E-state index contributed by atoms with van der Waals surface area (Å²) in [5.41, 5.74) is 0.869. The molecule has 5 nitrogen and oxygen atoms in total. The van der Waals surface area contributed by atoms with E-state index in [0.29, 0.717) is 6.54 Å². The van der Waals surface area contributed by atoms with Crippen molar-refractivity contribution in [3.8, 4) is 0 Å². The van der Waals surface area contributed by atoms with Crippen molar-refractivity contribution in [3.05, 3.63) is 51.9 Å². The lowest BCUT2D eigenvalue weighted by Crippen LogP contribution is -2.07. The lowest BCUT2D eigenvalue weighted by atomic mass is 10.1. The average molecular weight is 281 g/mol. The van der Waals surface area contributed by atoms with E-state index in [4.69, 9.17) is 0 Å². The summed E-state index contributed by atoms with van der Waals surface area (Å²) in [4.78, 5) is 14.6. The van der Waals surface area contributed by atoms with E-state index in [1.807, 2.05) is 24.3 Å². The molecule has 16 heavy (non-hydrogen) atoms. The first-order chi connectivity index (χ1) is 7.79. The minimum Gasteiger partial charge on any atom is -0.250 e. The van der Waals surface area contributed by atoms with Crippen LogP contribution in [0.25, 0.3) is 0 Å². The minimum absolute atomic E-state index is 0.408. The fraction of sp³-hybridized carbons (Fsp3) is 0.200. The Hall–Kier alpha value is -1.56. The molecule has 0 amide bonds. The van der Waals surface area contributed by atoms with Gasteiger partial charge in [0, 0.05) is 4.47 Å². The molecule has 2 rings (SSSR count). The van der Waals surface area contributed by atoms with Crippen LogP contribution in [-0.2, 0) is 6.54 Å². The van der Waals surface area contributed by atoms with Crippen molar-refractivity contribution in [2.24, 2.45) is 5.18 Å². The summed E-state index contributed by atoms with van der Waals surface area (Å²) in [5, 5.41) is 7.05. The molecule has 1 aromatic carbocycles. The van der Waals surface area contributed by atoms with E-state index in [0.717, 1.165) is 10.0 Å². The number of hydrogen-bond acceptors (Lipinski definition) is 4. The maximum absolute atomic E-state index is 10.8. The highest BCUT2D eigenvalue weighted by Crippen LogP contribution is 2.21. The second kappa shape index (κ2) is 4.98. The van der Waals surface area contributed by atoms with Gasteiger partial charge in [0.1, 0.15) is 18.7 Å². The van der Waals surface area contributed by atoms with Crippen molar-refractivity contribution in [1.29, 1.82) is 0 Å². The summed E-state index contributed by atoms with van der Waals surface area (Å²) in [6.45, 7) is 0.408. The normalized spacial score (nSPS) is 12.3. The van der Waals surface area contributed by atoms with Crippen molar-refractivity contribution in [2.45, 2.75) is 12.6 Å². The van der Waals surface area contributed by atoms with E-state index in [9.17, 15) is 4.91 Å². The third-order valence-electron chi connectivity index (χ3n) is 2.21. The molecule has 1 atom stereocenters. The highest BCUT2D eigenvalue weighted by atomic mass is 79.9. The lowest BCUT2D eigenvalue weighted by Gasteiger charge is -2.08. The Morgan fingerprint density at radius 1 is 1.38 bits per heavy atom. The Kier molecular flexibility index (Phi) is 3.40. The van der Waals surface area contributed by atoms with Gasteiger partial charge in [-0.3, -0.25) is 4.68 Å². The summed E-state index contributed by atoms with van der Waals surface area (Å²) in [6.07, 6.45) is 3.00. The van der Waals surface area contributed by atoms with Gasteiger partial charge >= 0.3 is 0 Å². The van der Waals surface area contributed by atoms with Gasteiger partial charge in [-0.2, -0.15) is 10.0 Å². The van der Waals surface area contributed by atoms with Gasteiger partial charge in [-0.15, -0.1) is 0 Å². The highest BCUT2D eigenvalue weighted by molar-refractivity contribution is 9.10. The van der Waals surface area contributed by atoms with Crippen molar-refractivity contribution < 1.29 is 0 Å². The molecule has 0 saturated heterocycles. The van der Waals surface area contributed by atoms with Crippen LogP contribution in [0.1, 0.15) is 11.6 Å². The zero-order valence-corrected chi connectivity index (χ0v) is 9.91. The van der Waals surface area contributed by atoms with Crippen molar-refractivity contribution in [2.75, 3.05) is 0 Å². The molecule has 0 aliphatic rings. The first kappa shape index (κ1) is 10.9. The van der Waals surface area contributed by atoms with Crippen LogP contribution < -0.4 is 0 Å². The lowest BCUT2D eigenvalue weighted by molar-refractivity contribution is 0.526. The predicted octanol–water partition coefficient (Wildman–Crippen LogP) is 2.55. The predicted molar refractivity (Wildman–Crippen MR) is 62.7 cm³/mol. The van der Waals surface area contributed by atoms with Gasteiger partial charge < -0.3 is 0 Å². The molecule has 1 aromatic heterocycles. The zero-order valence-electron chi connectivity index (χ0n) is 8.32. The van der Waals surface area contributed by atoms with Crippen LogP contribution in [0.5, 0.6) is 0 Å². The number of hydrogen-bond donors (Lipinski definition) is 0. The van der Waals surface area contributed by atoms with Gasteiger partial charge in [-0.1, -0.05) is 33.2 Å². The summed E-state index contributed by atoms with van der Waals surface area (Å²) in [5.74, 6) is 0. The summed E-state index contributed by atoms with van der Waals surface area (Å²) in [7, 11) is 0. The van der Waals surface area contributed by atoms with Crippen molar-refractivity contribution in [1.82, 2.24) is 14.8 Å². The van der Waals surface area contributed by atoms with Gasteiger partial charge in [-0.05, 0) is 17.7 Å². The molecular weight excluding hydrogens is 272 g/mol. The first-order valence-electron chi connectivity index (χ1n) is 4.70. The molecule has 0 saturated carbocycles. The smallest absolute Gasteiger partial charge is 0.137 e. The molecule has 6 heteroatoms. The number of rotatable bonds is 4. The zero-order chi connectivity index (χ0) is 11.4. The molecule has 0 spiro atoms. The summed E-state index contributed by atoms with van der Waals surface area (Å²) >= 11 is 3.34. The molecule has 82 valence electrons. The van der Waals surface area contributed by atoms with E-state index in [2.05, 4.69) is 31.2 Å². The fourth-order valence-corrected chi connectivity index (χ4v) is 1.65. The second-order valence-corrected chi connectivity index (χ2v) is 4.21. The summed E-state index contributed by atoms with van der Waals surface area (Å²) in [6, 6.07) is 7.07. The Balaban J connectivity index is 2.16. The Morgan fingerprint density at radius 3 is 2.69 bits per heavy atom. The SMILES string of the molecule is O=NC(Cn1cncn1)c1ccc(Br)cc1. The van der Waals surface area contributed by atoms with Gasteiger partial charge in [0.25, 0.3) is 0 Å². The quantitative estimate of drug-likeness (QED) is 0.809. The molecule has 0 aliphatic heterocycles. The maximum atomic E-state index is 10.8. The van der Waals surface area contributed by atoms with Crippen LogP contribution in [0.2, 0.25) is 0 Å².